The van der Waals surface area contributed by atoms with Crippen LogP contribution in [-0.4, -0.2) is 18.5 Å². The lowest BCUT2D eigenvalue weighted by Crippen LogP contribution is -2.38. The van der Waals surface area contributed by atoms with Gasteiger partial charge in [0.1, 0.15) is 0 Å². The van der Waals surface area contributed by atoms with E-state index < -0.39 is 11.7 Å². The van der Waals surface area contributed by atoms with Crippen LogP contribution in [0, 0.1) is 0 Å². The molecule has 0 spiro atoms. The Morgan fingerprint density at radius 2 is 1.95 bits per heavy atom. The Morgan fingerprint density at radius 1 is 1.29 bits per heavy atom. The van der Waals surface area contributed by atoms with Gasteiger partial charge in [0.25, 0.3) is 0 Å². The number of alkyl halides is 3. The minimum Gasteiger partial charge on any atom is -0.353 e. The molecule has 1 aromatic carbocycles. The molecule has 0 aliphatic carbocycles. The van der Waals surface area contributed by atoms with Gasteiger partial charge in [-0.1, -0.05) is 31.5 Å². The average Bonchev–Trinajstić information content (AvgIpc) is 2.38. The maximum Gasteiger partial charge on any atom is 0.416 e. The molecule has 6 heteroatoms. The van der Waals surface area contributed by atoms with Crippen LogP contribution in [0.2, 0.25) is 0 Å². The third kappa shape index (κ3) is 6.16. The van der Waals surface area contributed by atoms with E-state index in [0.29, 0.717) is 0 Å². The van der Waals surface area contributed by atoms with Crippen molar-refractivity contribution in [2.75, 3.05) is 6.54 Å². The van der Waals surface area contributed by atoms with Crippen molar-refractivity contribution in [1.29, 1.82) is 0 Å². The number of benzene rings is 1. The van der Waals surface area contributed by atoms with E-state index in [1.807, 2.05) is 13.8 Å². The Kier molecular flexibility index (Phi) is 6.68. The van der Waals surface area contributed by atoms with Crippen molar-refractivity contribution in [3.05, 3.63) is 35.4 Å². The highest BCUT2D eigenvalue weighted by molar-refractivity contribution is 5.78. The van der Waals surface area contributed by atoms with E-state index in [4.69, 9.17) is 0 Å². The summed E-state index contributed by atoms with van der Waals surface area (Å²) in [6.07, 6.45) is -2.54. The second-order valence-electron chi connectivity index (χ2n) is 5.02. The van der Waals surface area contributed by atoms with Gasteiger partial charge in [0.2, 0.25) is 5.91 Å². The van der Waals surface area contributed by atoms with Crippen LogP contribution in [0.25, 0.3) is 0 Å². The zero-order valence-corrected chi connectivity index (χ0v) is 12.3. The largest absolute Gasteiger partial charge is 0.416 e. The van der Waals surface area contributed by atoms with E-state index in [1.165, 1.54) is 12.1 Å². The van der Waals surface area contributed by atoms with E-state index in [2.05, 4.69) is 10.6 Å². The van der Waals surface area contributed by atoms with Crippen molar-refractivity contribution in [3.63, 3.8) is 0 Å². The molecule has 0 heterocycles. The highest BCUT2D eigenvalue weighted by Crippen LogP contribution is 2.31. The van der Waals surface area contributed by atoms with Crippen molar-refractivity contribution >= 4 is 5.91 Å². The van der Waals surface area contributed by atoms with Crippen LogP contribution in [0.15, 0.2) is 24.3 Å². The lowest BCUT2D eigenvalue weighted by atomic mass is 10.1. The molecular weight excluding hydrogens is 281 g/mol. The summed E-state index contributed by atoms with van der Waals surface area (Å²) in [5.74, 6) is -0.208. The summed E-state index contributed by atoms with van der Waals surface area (Å²) >= 11 is 0. The molecule has 0 bridgehead atoms. The molecule has 1 unspecified atom stereocenters. The van der Waals surface area contributed by atoms with Gasteiger partial charge in [-0.3, -0.25) is 4.79 Å². The van der Waals surface area contributed by atoms with Crippen molar-refractivity contribution in [1.82, 2.24) is 10.6 Å². The molecular formula is C15H21F3N2O. The molecule has 1 amide bonds. The molecule has 0 aliphatic rings. The predicted octanol–water partition coefficient (Wildman–Crippen LogP) is 3.10. The Balaban J connectivity index is 2.48. The molecule has 1 rings (SSSR count). The standard InChI is InChI=1S/C15H21F3N2O/c1-3-6-11(2)20-14(21)10-19-9-12-7-4-5-8-13(12)15(16,17)18/h4-5,7-8,11,19H,3,6,9-10H2,1-2H3,(H,20,21). The molecule has 0 radical (unpaired) electrons. The topological polar surface area (TPSA) is 41.1 Å². The Morgan fingerprint density at radius 3 is 2.57 bits per heavy atom. The number of amides is 1. The van der Waals surface area contributed by atoms with Crippen LogP contribution in [0.4, 0.5) is 13.2 Å². The lowest BCUT2D eigenvalue weighted by molar-refractivity contribution is -0.138. The fraction of sp³-hybridized carbons (Fsp3) is 0.533. The van der Waals surface area contributed by atoms with E-state index in [-0.39, 0.29) is 30.6 Å². The summed E-state index contributed by atoms with van der Waals surface area (Å²) < 4.78 is 38.4. The van der Waals surface area contributed by atoms with Gasteiger partial charge in [0.05, 0.1) is 12.1 Å². The number of hydrogen-bond donors (Lipinski definition) is 2. The summed E-state index contributed by atoms with van der Waals surface area (Å²) in [4.78, 5) is 11.6. The van der Waals surface area contributed by atoms with E-state index in [0.717, 1.165) is 18.9 Å². The fourth-order valence-corrected chi connectivity index (χ4v) is 2.09. The van der Waals surface area contributed by atoms with Crippen molar-refractivity contribution in [2.45, 2.75) is 45.5 Å². The SMILES string of the molecule is CCCC(C)NC(=O)CNCc1ccccc1C(F)(F)F. The summed E-state index contributed by atoms with van der Waals surface area (Å²) in [5, 5.41) is 5.54. The predicted molar refractivity (Wildman–Crippen MR) is 75.7 cm³/mol. The third-order valence-corrected chi connectivity index (χ3v) is 3.05. The maximum atomic E-state index is 12.8. The first-order valence-corrected chi connectivity index (χ1v) is 6.99. The van der Waals surface area contributed by atoms with Gasteiger partial charge >= 0.3 is 6.18 Å². The van der Waals surface area contributed by atoms with E-state index >= 15 is 0 Å². The minimum atomic E-state index is -4.38. The lowest BCUT2D eigenvalue weighted by Gasteiger charge is -2.15. The van der Waals surface area contributed by atoms with Gasteiger partial charge in [-0.15, -0.1) is 0 Å². The van der Waals surface area contributed by atoms with E-state index in [1.54, 1.807) is 6.07 Å². The number of nitrogens with one attached hydrogen (secondary N) is 2. The van der Waals surface area contributed by atoms with Crippen molar-refractivity contribution < 1.29 is 18.0 Å². The van der Waals surface area contributed by atoms with Crippen LogP contribution < -0.4 is 10.6 Å². The van der Waals surface area contributed by atoms with E-state index in [9.17, 15) is 18.0 Å². The molecule has 21 heavy (non-hydrogen) atoms. The van der Waals surface area contributed by atoms with Gasteiger partial charge in [-0.2, -0.15) is 13.2 Å². The molecule has 1 aromatic rings. The van der Waals surface area contributed by atoms with Crippen LogP contribution >= 0.6 is 0 Å². The first-order valence-electron chi connectivity index (χ1n) is 6.99. The normalized spacial score (nSPS) is 13.0. The van der Waals surface area contributed by atoms with Crippen LogP contribution in [-0.2, 0) is 17.5 Å². The average molecular weight is 302 g/mol. The number of halogens is 3. The van der Waals surface area contributed by atoms with Crippen LogP contribution in [0.3, 0.4) is 0 Å². The molecule has 3 nitrogen and oxygen atoms in total. The molecule has 0 saturated heterocycles. The fourth-order valence-electron chi connectivity index (χ4n) is 2.09. The second kappa shape index (κ2) is 8.02. The number of hydrogen-bond acceptors (Lipinski definition) is 2. The Bertz CT molecular complexity index is 460. The minimum absolute atomic E-state index is 0.000244. The molecule has 1 atom stereocenters. The quantitative estimate of drug-likeness (QED) is 0.812. The third-order valence-electron chi connectivity index (χ3n) is 3.05. The Labute approximate surface area is 122 Å². The van der Waals surface area contributed by atoms with Gasteiger partial charge in [-0.05, 0) is 25.0 Å². The van der Waals surface area contributed by atoms with Gasteiger partial charge in [-0.25, -0.2) is 0 Å². The summed E-state index contributed by atoms with van der Waals surface area (Å²) in [7, 11) is 0. The molecule has 2 N–H and O–H groups in total. The zero-order chi connectivity index (χ0) is 15.9. The van der Waals surface area contributed by atoms with Gasteiger partial charge in [0.15, 0.2) is 0 Å². The first kappa shape index (κ1) is 17.5. The van der Waals surface area contributed by atoms with Crippen molar-refractivity contribution in [3.8, 4) is 0 Å². The zero-order valence-electron chi connectivity index (χ0n) is 12.3. The molecule has 118 valence electrons. The number of rotatable bonds is 7. The molecule has 0 aromatic heterocycles. The first-order chi connectivity index (χ1) is 9.84. The number of carbonyl (C=O) groups is 1. The summed E-state index contributed by atoms with van der Waals surface area (Å²) in [5.41, 5.74) is -0.531. The Hall–Kier alpha value is -1.56. The van der Waals surface area contributed by atoms with Crippen LogP contribution in [0.5, 0.6) is 0 Å². The molecule has 0 fully saturated rings. The number of carbonyl (C=O) groups excluding carboxylic acids is 1. The highest BCUT2D eigenvalue weighted by Gasteiger charge is 2.32. The summed E-state index contributed by atoms with van der Waals surface area (Å²) in [6.45, 7) is 3.93. The second-order valence-corrected chi connectivity index (χ2v) is 5.02. The highest BCUT2D eigenvalue weighted by atomic mass is 19.4. The molecule has 0 aliphatic heterocycles. The summed E-state index contributed by atoms with van der Waals surface area (Å²) in [6, 6.07) is 5.43. The maximum absolute atomic E-state index is 12.8. The van der Waals surface area contributed by atoms with Crippen LogP contribution in [0.1, 0.15) is 37.8 Å². The van der Waals surface area contributed by atoms with Gasteiger partial charge in [0, 0.05) is 12.6 Å². The van der Waals surface area contributed by atoms with Crippen molar-refractivity contribution in [2.24, 2.45) is 0 Å². The smallest absolute Gasteiger partial charge is 0.353 e. The van der Waals surface area contributed by atoms with Gasteiger partial charge < -0.3 is 10.6 Å². The molecule has 0 saturated carbocycles. The monoisotopic (exact) mass is 302 g/mol.